The van der Waals surface area contributed by atoms with Crippen LogP contribution in [-0.4, -0.2) is 64.5 Å². The van der Waals surface area contributed by atoms with Crippen molar-refractivity contribution in [2.75, 3.05) is 36.5 Å². The molecule has 1 amide bonds. The molecule has 2 aromatic heterocycles. The molecular weight excluding hydrogens is 559 g/mol. The molecule has 1 aliphatic heterocycles. The van der Waals surface area contributed by atoms with E-state index in [0.717, 1.165) is 19.5 Å². The molecule has 0 atom stereocenters. The predicted octanol–water partition coefficient (Wildman–Crippen LogP) is 5.60. The van der Waals surface area contributed by atoms with Gasteiger partial charge in [0.05, 0.1) is 28.2 Å². The Kier molecular flexibility index (Phi) is 7.71. The summed E-state index contributed by atoms with van der Waals surface area (Å²) in [5.41, 5.74) is 0.494. The normalized spacial score (nSPS) is 13.5. The third-order valence-electron chi connectivity index (χ3n) is 6.91. The number of nitriles is 1. The number of carboxylic acids is 1. The molecule has 0 bridgehead atoms. The number of carbonyl (C=O) groups is 2. The van der Waals surface area contributed by atoms with Crippen LogP contribution in [0.1, 0.15) is 39.7 Å². The second-order valence-electron chi connectivity index (χ2n) is 11.3. The fraction of sp³-hybridized carbons (Fsp3) is 0.367. The lowest BCUT2D eigenvalue weighted by Gasteiger charge is -2.40. The van der Waals surface area contributed by atoms with Gasteiger partial charge in [-0.15, -0.1) is 0 Å². The molecule has 12 nitrogen and oxygen atoms in total. The number of hydrogen-bond donors (Lipinski definition) is 2. The summed E-state index contributed by atoms with van der Waals surface area (Å²) in [6.07, 6.45) is 0.335. The van der Waals surface area contributed by atoms with E-state index >= 15 is 4.39 Å². The standard InChI is InChI=1S/C30H31FN6O6/c1-6-16-13-37(14-16)27-24-21-9-18(31)10-22(36(5)29(40)43-30(2,3)4)25(21)33-26(24)34-28(35-27)42-20-8-17(12-32)7-19(11-20)41-15-23(38)39/h7-11,16H,6,13-15H2,1-5H3,(H,38,39)(H,33,34,35). The SMILES string of the molecule is CCC1CN(c2nc(Oc3cc(C#N)cc(OCC(=O)O)c3)nc3[nH]c4c(N(C)C(=O)OC(C)(C)C)cc(F)cc4c23)C1. The van der Waals surface area contributed by atoms with Crippen LogP contribution in [0.5, 0.6) is 17.5 Å². The van der Waals surface area contributed by atoms with Crippen molar-refractivity contribution in [1.82, 2.24) is 15.0 Å². The molecule has 13 heteroatoms. The number of nitrogens with one attached hydrogen (secondary N) is 1. The number of rotatable bonds is 8. The zero-order valence-corrected chi connectivity index (χ0v) is 24.4. The Labute approximate surface area is 246 Å². The smallest absolute Gasteiger partial charge is 0.414 e. The van der Waals surface area contributed by atoms with Crippen LogP contribution in [0.3, 0.4) is 0 Å². The van der Waals surface area contributed by atoms with E-state index in [1.807, 2.05) is 11.0 Å². The molecule has 5 rings (SSSR count). The number of H-pyrrole nitrogens is 1. The molecule has 1 saturated heterocycles. The highest BCUT2D eigenvalue weighted by Gasteiger charge is 2.31. The number of carbonyl (C=O) groups excluding carboxylic acids is 1. The van der Waals surface area contributed by atoms with Gasteiger partial charge in [-0.2, -0.15) is 15.2 Å². The van der Waals surface area contributed by atoms with Gasteiger partial charge in [-0.1, -0.05) is 6.92 Å². The van der Waals surface area contributed by atoms with Crippen LogP contribution < -0.4 is 19.3 Å². The number of aromatic amines is 1. The summed E-state index contributed by atoms with van der Waals surface area (Å²) in [5.74, 6) is -0.454. The van der Waals surface area contributed by atoms with Crippen LogP contribution in [0.2, 0.25) is 0 Å². The van der Waals surface area contributed by atoms with Crippen LogP contribution in [0.25, 0.3) is 21.9 Å². The average molecular weight is 591 g/mol. The number of benzene rings is 2. The number of aromatic nitrogens is 3. The second-order valence-corrected chi connectivity index (χ2v) is 11.3. The topological polar surface area (TPSA) is 154 Å². The van der Waals surface area contributed by atoms with Gasteiger partial charge >= 0.3 is 18.1 Å². The Bertz CT molecular complexity index is 1770. The van der Waals surface area contributed by atoms with Crippen molar-refractivity contribution in [2.24, 2.45) is 5.92 Å². The largest absolute Gasteiger partial charge is 0.482 e. The Morgan fingerprint density at radius 1 is 1.19 bits per heavy atom. The van der Waals surface area contributed by atoms with Crippen molar-refractivity contribution in [3.8, 4) is 23.6 Å². The molecule has 1 fully saturated rings. The summed E-state index contributed by atoms with van der Waals surface area (Å²) in [6.45, 7) is 8.21. The van der Waals surface area contributed by atoms with Crippen LogP contribution in [0.4, 0.5) is 20.7 Å². The number of nitrogens with zero attached hydrogens (tertiary/aromatic N) is 5. The Balaban J connectivity index is 1.62. The number of hydrogen-bond acceptors (Lipinski definition) is 9. The maximum atomic E-state index is 15.1. The minimum atomic E-state index is -1.17. The van der Waals surface area contributed by atoms with Gasteiger partial charge in [0.15, 0.2) is 6.61 Å². The predicted molar refractivity (Wildman–Crippen MR) is 156 cm³/mol. The van der Waals surface area contributed by atoms with Gasteiger partial charge in [-0.25, -0.2) is 14.0 Å². The van der Waals surface area contributed by atoms with Gasteiger partial charge in [-0.3, -0.25) is 4.90 Å². The first-order chi connectivity index (χ1) is 20.3. The summed E-state index contributed by atoms with van der Waals surface area (Å²) < 4.78 is 31.8. The maximum absolute atomic E-state index is 15.1. The maximum Gasteiger partial charge on any atom is 0.414 e. The zero-order valence-electron chi connectivity index (χ0n) is 24.4. The molecule has 0 radical (unpaired) electrons. The summed E-state index contributed by atoms with van der Waals surface area (Å²) in [7, 11) is 1.50. The van der Waals surface area contributed by atoms with Crippen LogP contribution in [0, 0.1) is 23.1 Å². The van der Waals surface area contributed by atoms with E-state index in [-0.39, 0.29) is 28.8 Å². The number of halogens is 1. The highest BCUT2D eigenvalue weighted by atomic mass is 19.1. The van der Waals surface area contributed by atoms with Gasteiger partial charge in [0.2, 0.25) is 0 Å². The number of carboxylic acid groups (broad SMARTS) is 1. The molecule has 0 unspecified atom stereocenters. The molecule has 0 spiro atoms. The fourth-order valence-corrected chi connectivity index (χ4v) is 4.80. The van der Waals surface area contributed by atoms with E-state index in [1.165, 1.54) is 42.3 Å². The third kappa shape index (κ3) is 6.23. The van der Waals surface area contributed by atoms with E-state index < -0.39 is 30.1 Å². The Hall–Kier alpha value is -5.12. The van der Waals surface area contributed by atoms with E-state index in [1.54, 1.807) is 20.8 Å². The van der Waals surface area contributed by atoms with Crippen molar-refractivity contribution >= 4 is 45.5 Å². The first kappa shape index (κ1) is 29.4. The third-order valence-corrected chi connectivity index (χ3v) is 6.91. The number of amides is 1. The Morgan fingerprint density at radius 3 is 2.56 bits per heavy atom. The molecule has 2 aromatic carbocycles. The fourth-order valence-electron chi connectivity index (χ4n) is 4.80. The quantitative estimate of drug-likeness (QED) is 0.265. The van der Waals surface area contributed by atoms with Gasteiger partial charge < -0.3 is 29.2 Å². The second kappa shape index (κ2) is 11.3. The molecule has 3 heterocycles. The highest BCUT2D eigenvalue weighted by molar-refractivity contribution is 6.16. The molecule has 4 aromatic rings. The number of ether oxygens (including phenoxy) is 3. The van der Waals surface area contributed by atoms with Crippen molar-refractivity contribution < 1.29 is 33.3 Å². The number of anilines is 2. The van der Waals surface area contributed by atoms with Crippen LogP contribution in [0.15, 0.2) is 30.3 Å². The molecular formula is C30H31FN6O6. The molecule has 43 heavy (non-hydrogen) atoms. The lowest BCUT2D eigenvalue weighted by molar-refractivity contribution is -0.139. The van der Waals surface area contributed by atoms with Crippen LogP contribution in [-0.2, 0) is 9.53 Å². The molecule has 0 aliphatic carbocycles. The molecule has 2 N–H and O–H groups in total. The van der Waals surface area contributed by atoms with Crippen molar-refractivity contribution in [3.05, 3.63) is 41.7 Å². The zero-order chi connectivity index (χ0) is 31.1. The lowest BCUT2D eigenvalue weighted by atomic mass is 9.97. The first-order valence-corrected chi connectivity index (χ1v) is 13.7. The van der Waals surface area contributed by atoms with Gasteiger partial charge in [0.25, 0.3) is 0 Å². The Morgan fingerprint density at radius 2 is 1.91 bits per heavy atom. The monoisotopic (exact) mass is 590 g/mol. The summed E-state index contributed by atoms with van der Waals surface area (Å²) in [5, 5.41) is 19.5. The van der Waals surface area contributed by atoms with Crippen molar-refractivity contribution in [3.63, 3.8) is 0 Å². The van der Waals surface area contributed by atoms with Gasteiger partial charge in [0.1, 0.15) is 34.4 Å². The first-order valence-electron chi connectivity index (χ1n) is 13.7. The summed E-state index contributed by atoms with van der Waals surface area (Å²) >= 11 is 0. The van der Waals surface area contributed by atoms with E-state index in [9.17, 15) is 14.9 Å². The summed E-state index contributed by atoms with van der Waals surface area (Å²) in [4.78, 5) is 39.6. The van der Waals surface area contributed by atoms with Crippen molar-refractivity contribution in [1.29, 1.82) is 5.26 Å². The minimum Gasteiger partial charge on any atom is -0.482 e. The van der Waals surface area contributed by atoms with E-state index in [2.05, 4.69) is 21.9 Å². The molecule has 224 valence electrons. The van der Waals surface area contributed by atoms with E-state index in [0.29, 0.717) is 33.7 Å². The molecule has 0 saturated carbocycles. The van der Waals surface area contributed by atoms with Crippen LogP contribution >= 0.6 is 0 Å². The van der Waals surface area contributed by atoms with Gasteiger partial charge in [-0.05, 0) is 57.4 Å². The van der Waals surface area contributed by atoms with Gasteiger partial charge in [0, 0.05) is 31.6 Å². The van der Waals surface area contributed by atoms with E-state index in [4.69, 9.17) is 19.3 Å². The molecule has 1 aliphatic rings. The lowest BCUT2D eigenvalue weighted by Crippen LogP contribution is -2.46. The summed E-state index contributed by atoms with van der Waals surface area (Å²) in [6, 6.07) is 8.82. The number of fused-ring (bicyclic) bond motifs is 3. The van der Waals surface area contributed by atoms with Crippen molar-refractivity contribution in [2.45, 2.75) is 39.7 Å². The minimum absolute atomic E-state index is 0.0594. The highest BCUT2D eigenvalue weighted by Crippen LogP contribution is 2.40. The average Bonchev–Trinajstić information content (AvgIpc) is 3.27. The number of aliphatic carboxylic acids is 1.